The van der Waals surface area contributed by atoms with Gasteiger partial charge in [0, 0.05) is 26.2 Å². The lowest BCUT2D eigenvalue weighted by Gasteiger charge is -2.33. The fourth-order valence-electron chi connectivity index (χ4n) is 2.71. The van der Waals surface area contributed by atoms with Crippen LogP contribution in [0.4, 0.5) is 13.2 Å². The topological polar surface area (TPSA) is 74.8 Å². The highest BCUT2D eigenvalue weighted by Gasteiger charge is 2.34. The van der Waals surface area contributed by atoms with Gasteiger partial charge in [0.15, 0.2) is 11.6 Å². The van der Waals surface area contributed by atoms with E-state index in [1.54, 1.807) is 0 Å². The largest absolute Gasteiger partial charge is 0.243 e. The number of sulfonamides is 2. The smallest absolute Gasteiger partial charge is 0.207 e. The third-order valence-electron chi connectivity index (χ3n) is 4.16. The number of hydrogen-bond donors (Lipinski definition) is 0. The summed E-state index contributed by atoms with van der Waals surface area (Å²) in [4.78, 5) is -0.637. The van der Waals surface area contributed by atoms with Crippen molar-refractivity contribution in [2.45, 2.75) is 9.79 Å². The molecular formula is C16H15F3N2O4S2. The molecule has 1 saturated heterocycles. The van der Waals surface area contributed by atoms with Gasteiger partial charge in [-0.05, 0) is 36.4 Å². The number of benzene rings is 2. The van der Waals surface area contributed by atoms with E-state index in [0.717, 1.165) is 26.8 Å². The highest BCUT2D eigenvalue weighted by molar-refractivity contribution is 7.89. The molecule has 1 heterocycles. The zero-order valence-electron chi connectivity index (χ0n) is 13.8. The summed E-state index contributed by atoms with van der Waals surface area (Å²) in [7, 11) is -8.06. The van der Waals surface area contributed by atoms with E-state index in [4.69, 9.17) is 0 Å². The first kappa shape index (κ1) is 19.8. The molecule has 0 unspecified atom stereocenters. The Labute approximate surface area is 154 Å². The molecule has 146 valence electrons. The van der Waals surface area contributed by atoms with Crippen LogP contribution < -0.4 is 0 Å². The molecule has 27 heavy (non-hydrogen) atoms. The lowest BCUT2D eigenvalue weighted by molar-refractivity contribution is 0.272. The summed E-state index contributed by atoms with van der Waals surface area (Å²) >= 11 is 0. The van der Waals surface area contributed by atoms with Crippen molar-refractivity contribution < 1.29 is 30.0 Å². The second-order valence-corrected chi connectivity index (χ2v) is 9.72. The fraction of sp³-hybridized carbons (Fsp3) is 0.250. The molecule has 0 aromatic heterocycles. The van der Waals surface area contributed by atoms with Gasteiger partial charge in [-0.25, -0.2) is 30.0 Å². The Hall–Kier alpha value is -1.95. The van der Waals surface area contributed by atoms with Gasteiger partial charge in [-0.2, -0.15) is 8.61 Å². The van der Waals surface area contributed by atoms with E-state index in [1.807, 2.05) is 0 Å². The van der Waals surface area contributed by atoms with Crippen molar-refractivity contribution in [3.05, 3.63) is 59.9 Å². The van der Waals surface area contributed by atoms with Gasteiger partial charge in [0.25, 0.3) is 0 Å². The van der Waals surface area contributed by atoms with E-state index in [9.17, 15) is 30.0 Å². The Balaban J connectivity index is 1.77. The molecule has 0 N–H and O–H groups in total. The molecule has 2 aromatic carbocycles. The minimum atomic E-state index is -4.10. The second-order valence-electron chi connectivity index (χ2n) is 5.84. The molecule has 11 heteroatoms. The van der Waals surface area contributed by atoms with Gasteiger partial charge in [-0.3, -0.25) is 0 Å². The summed E-state index contributed by atoms with van der Waals surface area (Å²) in [6.45, 7) is -0.644. The van der Waals surface area contributed by atoms with E-state index < -0.39 is 42.4 Å². The molecule has 1 aliphatic rings. The van der Waals surface area contributed by atoms with Crippen molar-refractivity contribution in [2.24, 2.45) is 0 Å². The molecule has 0 amide bonds. The maximum atomic E-state index is 13.3. The van der Waals surface area contributed by atoms with Gasteiger partial charge < -0.3 is 0 Å². The first-order chi connectivity index (χ1) is 12.6. The fourth-order valence-corrected chi connectivity index (χ4v) is 5.60. The minimum absolute atomic E-state index is 0.151. The van der Waals surface area contributed by atoms with Crippen LogP contribution in [0, 0.1) is 17.5 Å². The molecule has 0 aliphatic carbocycles. The Morgan fingerprint density at radius 3 is 1.67 bits per heavy atom. The molecule has 0 saturated carbocycles. The molecule has 1 aliphatic heterocycles. The third kappa shape index (κ3) is 3.86. The van der Waals surface area contributed by atoms with Gasteiger partial charge >= 0.3 is 0 Å². The van der Waals surface area contributed by atoms with Crippen LogP contribution in [0.2, 0.25) is 0 Å². The monoisotopic (exact) mass is 420 g/mol. The van der Waals surface area contributed by atoms with E-state index in [2.05, 4.69) is 0 Å². The molecule has 6 nitrogen and oxygen atoms in total. The summed E-state index contributed by atoms with van der Waals surface area (Å²) in [5, 5.41) is 0. The van der Waals surface area contributed by atoms with E-state index in [0.29, 0.717) is 12.1 Å². The molecule has 0 bridgehead atoms. The van der Waals surface area contributed by atoms with Crippen molar-refractivity contribution in [2.75, 3.05) is 26.2 Å². The first-order valence-electron chi connectivity index (χ1n) is 7.83. The maximum absolute atomic E-state index is 13.3. The standard InChI is InChI=1S/C16H15F3N2O4S2/c17-12-2-1-3-13(10-12)26(22,23)20-6-8-21(9-7-20)27(24,25)14-4-5-15(18)16(19)11-14/h1-5,10-11H,6-9H2. The van der Waals surface area contributed by atoms with Crippen LogP contribution in [0.5, 0.6) is 0 Å². The predicted octanol–water partition coefficient (Wildman–Crippen LogP) is 1.80. The third-order valence-corrected chi connectivity index (χ3v) is 7.95. The highest BCUT2D eigenvalue weighted by atomic mass is 32.2. The number of hydrogen-bond acceptors (Lipinski definition) is 4. The van der Waals surface area contributed by atoms with Crippen molar-refractivity contribution in [1.29, 1.82) is 0 Å². The van der Waals surface area contributed by atoms with Crippen LogP contribution in [0.15, 0.2) is 52.3 Å². The average Bonchev–Trinajstić information content (AvgIpc) is 2.64. The summed E-state index contributed by atoms with van der Waals surface area (Å²) in [6, 6.07) is 6.77. The maximum Gasteiger partial charge on any atom is 0.243 e. The molecular weight excluding hydrogens is 405 g/mol. The lowest BCUT2D eigenvalue weighted by atomic mass is 10.3. The Kier molecular flexibility index (Phi) is 5.30. The lowest BCUT2D eigenvalue weighted by Crippen LogP contribution is -2.50. The van der Waals surface area contributed by atoms with Crippen LogP contribution in [0.3, 0.4) is 0 Å². The van der Waals surface area contributed by atoms with Gasteiger partial charge in [0.1, 0.15) is 5.82 Å². The average molecular weight is 420 g/mol. The zero-order chi connectivity index (χ0) is 19.8. The van der Waals surface area contributed by atoms with Crippen LogP contribution in [-0.4, -0.2) is 51.6 Å². The van der Waals surface area contributed by atoms with Gasteiger partial charge in [0.2, 0.25) is 20.0 Å². The van der Waals surface area contributed by atoms with Crippen LogP contribution >= 0.6 is 0 Å². The number of rotatable bonds is 4. The highest BCUT2D eigenvalue weighted by Crippen LogP contribution is 2.23. The van der Waals surface area contributed by atoms with Crippen LogP contribution in [0.1, 0.15) is 0 Å². The summed E-state index contributed by atoms with van der Waals surface area (Å²) in [5.74, 6) is -3.15. The second kappa shape index (κ2) is 7.23. The Morgan fingerprint density at radius 2 is 1.19 bits per heavy atom. The van der Waals surface area contributed by atoms with E-state index >= 15 is 0 Å². The Bertz CT molecular complexity index is 1070. The van der Waals surface area contributed by atoms with Gasteiger partial charge in [-0.15, -0.1) is 0 Å². The summed E-state index contributed by atoms with van der Waals surface area (Å²) in [5.41, 5.74) is 0. The van der Waals surface area contributed by atoms with Crippen LogP contribution in [0.25, 0.3) is 0 Å². The van der Waals surface area contributed by atoms with Crippen molar-refractivity contribution >= 4 is 20.0 Å². The number of piperazine rings is 1. The molecule has 1 fully saturated rings. The van der Waals surface area contributed by atoms with Crippen molar-refractivity contribution in [1.82, 2.24) is 8.61 Å². The molecule has 0 spiro atoms. The normalized spacial score (nSPS) is 17.1. The molecule has 0 atom stereocenters. The summed E-state index contributed by atoms with van der Waals surface area (Å²) < 4.78 is 91.9. The van der Waals surface area contributed by atoms with E-state index in [1.165, 1.54) is 12.1 Å². The predicted molar refractivity (Wildman–Crippen MR) is 90.3 cm³/mol. The SMILES string of the molecule is O=S(=O)(c1cccc(F)c1)N1CCN(S(=O)(=O)c2ccc(F)c(F)c2)CC1. The number of halogens is 3. The zero-order valence-corrected chi connectivity index (χ0v) is 15.5. The van der Waals surface area contributed by atoms with Gasteiger partial charge in [0.05, 0.1) is 9.79 Å². The van der Waals surface area contributed by atoms with Crippen molar-refractivity contribution in [3.63, 3.8) is 0 Å². The van der Waals surface area contributed by atoms with Crippen LogP contribution in [-0.2, 0) is 20.0 Å². The summed E-state index contributed by atoms with van der Waals surface area (Å²) in [6.07, 6.45) is 0. The molecule has 2 aromatic rings. The first-order valence-corrected chi connectivity index (χ1v) is 10.7. The Morgan fingerprint density at radius 1 is 0.667 bits per heavy atom. The minimum Gasteiger partial charge on any atom is -0.207 e. The van der Waals surface area contributed by atoms with Crippen molar-refractivity contribution in [3.8, 4) is 0 Å². The van der Waals surface area contributed by atoms with Gasteiger partial charge in [-0.1, -0.05) is 6.07 Å². The number of nitrogens with zero attached hydrogens (tertiary/aromatic N) is 2. The van der Waals surface area contributed by atoms with E-state index in [-0.39, 0.29) is 31.1 Å². The molecule has 3 rings (SSSR count). The molecule has 0 radical (unpaired) electrons. The quantitative estimate of drug-likeness (QED) is 0.756.